The summed E-state index contributed by atoms with van der Waals surface area (Å²) >= 11 is 0. The van der Waals surface area contributed by atoms with E-state index in [4.69, 9.17) is 0 Å². The van der Waals surface area contributed by atoms with Crippen LogP contribution in [0.4, 0.5) is 0 Å². The zero-order valence-corrected chi connectivity index (χ0v) is 13.9. The quantitative estimate of drug-likeness (QED) is 0.695. The van der Waals surface area contributed by atoms with Gasteiger partial charge in [0, 0.05) is 0 Å². The van der Waals surface area contributed by atoms with Crippen LogP contribution in [0.2, 0.25) is 0 Å². The van der Waals surface area contributed by atoms with E-state index in [1.165, 1.54) is 0 Å². The summed E-state index contributed by atoms with van der Waals surface area (Å²) in [5.41, 5.74) is 3.37. The molecule has 3 aromatic rings. The Morgan fingerprint density at radius 3 is 1.68 bits per heavy atom. The fourth-order valence-electron chi connectivity index (χ4n) is 2.76. The molecular weight excluding hydrogens is 304 g/mol. The predicted octanol–water partition coefficient (Wildman–Crippen LogP) is 4.97. The van der Waals surface area contributed by atoms with Gasteiger partial charge in [0.05, 0.1) is 12.1 Å². The van der Waals surface area contributed by atoms with Gasteiger partial charge in [-0.2, -0.15) is 5.26 Å². The summed E-state index contributed by atoms with van der Waals surface area (Å²) < 4.78 is 0. The van der Waals surface area contributed by atoms with Crippen molar-refractivity contribution in [3.05, 3.63) is 114 Å². The highest BCUT2D eigenvalue weighted by molar-refractivity contribution is 5.50. The normalized spacial score (nSPS) is 12.2. The summed E-state index contributed by atoms with van der Waals surface area (Å²) in [6.07, 6.45) is 3.89. The summed E-state index contributed by atoms with van der Waals surface area (Å²) in [5.74, 6) is 0. The molecule has 0 fully saturated rings. The van der Waals surface area contributed by atoms with Gasteiger partial charge in [-0.1, -0.05) is 103 Å². The monoisotopic (exact) mass is 324 g/mol. The first kappa shape index (κ1) is 16.7. The van der Waals surface area contributed by atoms with Gasteiger partial charge in [0.2, 0.25) is 0 Å². The molecule has 0 aliphatic carbocycles. The molecule has 25 heavy (non-hydrogen) atoms. The van der Waals surface area contributed by atoms with Crippen LogP contribution in [-0.4, -0.2) is 6.04 Å². The van der Waals surface area contributed by atoms with Crippen LogP contribution in [0.25, 0.3) is 6.08 Å². The Balaban J connectivity index is 1.84. The average Bonchev–Trinajstić information content (AvgIpc) is 2.70. The van der Waals surface area contributed by atoms with Gasteiger partial charge in [-0.3, -0.25) is 5.32 Å². The molecule has 0 aliphatic rings. The van der Waals surface area contributed by atoms with Crippen LogP contribution in [0.3, 0.4) is 0 Å². The lowest BCUT2D eigenvalue weighted by Gasteiger charge is -2.21. The van der Waals surface area contributed by atoms with E-state index in [9.17, 15) is 5.26 Å². The standard InChI is InChI=1S/C23H20N2/c24-18-22(17-16-19-10-4-1-5-11-19)25-23(20-12-6-2-7-13-20)21-14-8-3-9-15-21/h1-17,22-23,25H/b17-16+/t22-/m1/s1. The minimum absolute atomic E-state index is 0.0347. The summed E-state index contributed by atoms with van der Waals surface area (Å²) in [4.78, 5) is 0. The number of hydrogen-bond donors (Lipinski definition) is 1. The predicted molar refractivity (Wildman–Crippen MR) is 103 cm³/mol. The molecule has 0 heterocycles. The molecular formula is C23H20N2. The van der Waals surface area contributed by atoms with Gasteiger partial charge in [0.15, 0.2) is 0 Å². The molecule has 1 N–H and O–H groups in total. The van der Waals surface area contributed by atoms with E-state index < -0.39 is 0 Å². The molecule has 1 atom stereocenters. The highest BCUT2D eigenvalue weighted by atomic mass is 14.9. The lowest BCUT2D eigenvalue weighted by atomic mass is 9.98. The average molecular weight is 324 g/mol. The molecule has 3 aromatic carbocycles. The van der Waals surface area contributed by atoms with Crippen LogP contribution in [-0.2, 0) is 0 Å². The van der Waals surface area contributed by atoms with Crippen molar-refractivity contribution in [2.45, 2.75) is 12.1 Å². The Bertz CT molecular complexity index is 794. The third-order valence-corrected chi connectivity index (χ3v) is 4.03. The van der Waals surface area contributed by atoms with E-state index in [-0.39, 0.29) is 12.1 Å². The number of nitriles is 1. The maximum Gasteiger partial charge on any atom is 0.115 e. The number of rotatable bonds is 6. The van der Waals surface area contributed by atoms with Crippen molar-refractivity contribution in [1.82, 2.24) is 5.32 Å². The highest BCUT2D eigenvalue weighted by Gasteiger charge is 2.16. The molecule has 0 aliphatic heterocycles. The minimum atomic E-state index is -0.384. The van der Waals surface area contributed by atoms with E-state index in [1.54, 1.807) is 0 Å². The van der Waals surface area contributed by atoms with Crippen LogP contribution in [0.1, 0.15) is 22.7 Å². The van der Waals surface area contributed by atoms with Gasteiger partial charge < -0.3 is 0 Å². The van der Waals surface area contributed by atoms with Crippen LogP contribution in [0.5, 0.6) is 0 Å². The first-order valence-corrected chi connectivity index (χ1v) is 8.35. The first-order valence-electron chi connectivity index (χ1n) is 8.35. The molecule has 0 radical (unpaired) electrons. The summed E-state index contributed by atoms with van der Waals surface area (Å²) in [7, 11) is 0. The topological polar surface area (TPSA) is 35.8 Å². The van der Waals surface area contributed by atoms with Crippen molar-refractivity contribution in [2.24, 2.45) is 0 Å². The largest absolute Gasteiger partial charge is 0.288 e. The lowest BCUT2D eigenvalue weighted by Crippen LogP contribution is -2.31. The summed E-state index contributed by atoms with van der Waals surface area (Å²) in [5, 5.41) is 13.0. The first-order chi connectivity index (χ1) is 12.4. The number of hydrogen-bond acceptors (Lipinski definition) is 2. The van der Waals surface area contributed by atoms with E-state index in [0.717, 1.165) is 16.7 Å². The Labute approximate surface area is 149 Å². The van der Waals surface area contributed by atoms with Crippen molar-refractivity contribution in [1.29, 1.82) is 5.26 Å². The summed E-state index contributed by atoms with van der Waals surface area (Å²) in [6.45, 7) is 0. The molecule has 2 heteroatoms. The molecule has 0 saturated heterocycles. The lowest BCUT2D eigenvalue weighted by molar-refractivity contribution is 0.600. The van der Waals surface area contributed by atoms with Crippen molar-refractivity contribution in [2.75, 3.05) is 0 Å². The molecule has 0 spiro atoms. The third-order valence-electron chi connectivity index (χ3n) is 4.03. The van der Waals surface area contributed by atoms with E-state index in [2.05, 4.69) is 35.7 Å². The van der Waals surface area contributed by atoms with Crippen molar-refractivity contribution in [3.8, 4) is 6.07 Å². The second kappa shape index (κ2) is 8.63. The molecule has 3 rings (SSSR count). The molecule has 0 saturated carbocycles. The fraction of sp³-hybridized carbons (Fsp3) is 0.0870. The Morgan fingerprint density at radius 2 is 1.20 bits per heavy atom. The summed E-state index contributed by atoms with van der Waals surface area (Å²) in [6, 6.07) is 32.4. The van der Waals surface area contributed by atoms with Crippen molar-refractivity contribution >= 4 is 6.08 Å². The SMILES string of the molecule is N#C[C@@H](/C=C/c1ccccc1)NC(c1ccccc1)c1ccccc1. The molecule has 0 bridgehead atoms. The van der Waals surface area contributed by atoms with Crippen LogP contribution >= 0.6 is 0 Å². The van der Waals surface area contributed by atoms with Crippen LogP contribution in [0.15, 0.2) is 97.1 Å². The maximum absolute atomic E-state index is 9.58. The maximum atomic E-state index is 9.58. The van der Waals surface area contributed by atoms with Gasteiger partial charge in [0.25, 0.3) is 0 Å². The Kier molecular flexibility index (Phi) is 5.77. The van der Waals surface area contributed by atoms with E-state index >= 15 is 0 Å². The second-order valence-electron chi connectivity index (χ2n) is 5.80. The van der Waals surface area contributed by atoms with Crippen molar-refractivity contribution in [3.63, 3.8) is 0 Å². The third kappa shape index (κ3) is 4.67. The van der Waals surface area contributed by atoms with Gasteiger partial charge in [-0.25, -0.2) is 0 Å². The van der Waals surface area contributed by atoms with Crippen LogP contribution < -0.4 is 5.32 Å². The molecule has 2 nitrogen and oxygen atoms in total. The van der Waals surface area contributed by atoms with E-state index in [0.29, 0.717) is 0 Å². The van der Waals surface area contributed by atoms with Gasteiger partial charge in [0.1, 0.15) is 6.04 Å². The number of nitrogens with one attached hydrogen (secondary N) is 1. The Morgan fingerprint density at radius 1 is 0.720 bits per heavy atom. The van der Waals surface area contributed by atoms with Crippen molar-refractivity contribution < 1.29 is 0 Å². The minimum Gasteiger partial charge on any atom is -0.288 e. The number of nitrogens with zero attached hydrogens (tertiary/aromatic N) is 1. The molecule has 122 valence electrons. The second-order valence-corrected chi connectivity index (χ2v) is 5.80. The molecule has 0 unspecified atom stereocenters. The highest BCUT2D eigenvalue weighted by Crippen LogP contribution is 2.22. The zero-order valence-electron chi connectivity index (χ0n) is 13.9. The smallest absolute Gasteiger partial charge is 0.115 e. The van der Waals surface area contributed by atoms with Gasteiger partial charge in [-0.15, -0.1) is 0 Å². The molecule has 0 aromatic heterocycles. The molecule has 0 amide bonds. The van der Waals surface area contributed by atoms with Gasteiger partial charge >= 0.3 is 0 Å². The van der Waals surface area contributed by atoms with E-state index in [1.807, 2.05) is 78.9 Å². The van der Waals surface area contributed by atoms with Gasteiger partial charge in [-0.05, 0) is 16.7 Å². The number of benzene rings is 3. The van der Waals surface area contributed by atoms with Crippen LogP contribution in [0, 0.1) is 11.3 Å². The Hall–Kier alpha value is -3.15. The zero-order chi connectivity index (χ0) is 17.3. The fourth-order valence-corrected chi connectivity index (χ4v) is 2.76.